The molecular formula is C15H10NS. The molecule has 2 heteroatoms. The highest BCUT2D eigenvalue weighted by Gasteiger charge is 1.98. The highest BCUT2D eigenvalue weighted by Crippen LogP contribution is 2.22. The second kappa shape index (κ2) is 4.52. The van der Waals surface area contributed by atoms with Crippen LogP contribution in [-0.4, -0.2) is 4.98 Å². The number of hydrogen-bond donors (Lipinski definition) is 0. The molecule has 81 valence electrons. The third kappa shape index (κ3) is 2.27. The van der Waals surface area contributed by atoms with E-state index in [4.69, 9.17) is 0 Å². The van der Waals surface area contributed by atoms with Gasteiger partial charge in [-0.05, 0) is 29.8 Å². The Morgan fingerprint density at radius 1 is 1.06 bits per heavy atom. The summed E-state index contributed by atoms with van der Waals surface area (Å²) in [7, 11) is 0. The molecule has 1 heterocycles. The quantitative estimate of drug-likeness (QED) is 0.647. The van der Waals surface area contributed by atoms with E-state index in [2.05, 4.69) is 35.3 Å². The first-order chi connectivity index (χ1) is 8.42. The molecule has 0 aliphatic heterocycles. The second-order valence-corrected chi connectivity index (χ2v) is 4.75. The van der Waals surface area contributed by atoms with E-state index in [1.165, 1.54) is 10.3 Å². The third-order valence-corrected chi connectivity index (χ3v) is 3.47. The Hall–Kier alpha value is -1.93. The van der Waals surface area contributed by atoms with Crippen LogP contribution in [0.2, 0.25) is 0 Å². The number of aromatic nitrogens is 1. The van der Waals surface area contributed by atoms with Crippen molar-refractivity contribution in [2.75, 3.05) is 0 Å². The summed E-state index contributed by atoms with van der Waals surface area (Å²) >= 11 is 1.70. The Morgan fingerprint density at radius 3 is 2.76 bits per heavy atom. The van der Waals surface area contributed by atoms with Gasteiger partial charge in [0.2, 0.25) is 0 Å². The van der Waals surface area contributed by atoms with Crippen molar-refractivity contribution in [2.24, 2.45) is 0 Å². The first-order valence-corrected chi connectivity index (χ1v) is 6.23. The lowest BCUT2D eigenvalue weighted by atomic mass is 10.2. The predicted molar refractivity (Wildman–Crippen MR) is 73.8 cm³/mol. The number of rotatable bonds is 2. The van der Waals surface area contributed by atoms with Gasteiger partial charge in [0.05, 0.1) is 10.2 Å². The molecule has 3 aromatic rings. The minimum absolute atomic E-state index is 1.02. The number of nitrogens with zero attached hydrogens (tertiary/aromatic N) is 1. The van der Waals surface area contributed by atoms with Crippen LogP contribution in [0, 0.1) is 6.07 Å². The fourth-order valence-electron chi connectivity index (χ4n) is 1.64. The van der Waals surface area contributed by atoms with Crippen molar-refractivity contribution in [1.29, 1.82) is 0 Å². The lowest BCUT2D eigenvalue weighted by Crippen LogP contribution is -1.70. The summed E-state index contributed by atoms with van der Waals surface area (Å²) in [4.78, 5) is 4.53. The molecule has 0 spiro atoms. The van der Waals surface area contributed by atoms with E-state index in [0.29, 0.717) is 0 Å². The molecule has 2 aromatic carbocycles. The van der Waals surface area contributed by atoms with Crippen LogP contribution in [0.15, 0.2) is 48.5 Å². The Morgan fingerprint density at radius 2 is 1.94 bits per heavy atom. The van der Waals surface area contributed by atoms with E-state index in [0.717, 1.165) is 10.5 Å². The number of thiazole rings is 1. The van der Waals surface area contributed by atoms with Gasteiger partial charge in [0.25, 0.3) is 0 Å². The molecule has 0 fully saturated rings. The van der Waals surface area contributed by atoms with Crippen molar-refractivity contribution in [3.05, 3.63) is 65.2 Å². The highest BCUT2D eigenvalue weighted by atomic mass is 32.1. The Labute approximate surface area is 104 Å². The molecule has 1 radical (unpaired) electrons. The maximum atomic E-state index is 4.53. The van der Waals surface area contributed by atoms with E-state index in [1.807, 2.05) is 36.4 Å². The highest BCUT2D eigenvalue weighted by molar-refractivity contribution is 7.19. The molecule has 0 saturated heterocycles. The van der Waals surface area contributed by atoms with E-state index < -0.39 is 0 Å². The van der Waals surface area contributed by atoms with Gasteiger partial charge in [-0.1, -0.05) is 42.5 Å². The Bertz CT molecular complexity index is 620. The normalized spacial score (nSPS) is 11.3. The summed E-state index contributed by atoms with van der Waals surface area (Å²) in [6.07, 6.45) is 4.14. The summed E-state index contributed by atoms with van der Waals surface area (Å²) in [5, 5.41) is 1.03. The first-order valence-electron chi connectivity index (χ1n) is 5.41. The summed E-state index contributed by atoms with van der Waals surface area (Å²) in [5.74, 6) is 0. The molecule has 3 rings (SSSR count). The molecule has 17 heavy (non-hydrogen) atoms. The van der Waals surface area contributed by atoms with Crippen LogP contribution < -0.4 is 0 Å². The zero-order valence-electron chi connectivity index (χ0n) is 9.13. The lowest BCUT2D eigenvalue weighted by Gasteiger charge is -1.89. The van der Waals surface area contributed by atoms with Gasteiger partial charge in [-0.2, -0.15) is 0 Å². The molecule has 0 N–H and O–H groups in total. The van der Waals surface area contributed by atoms with Crippen LogP contribution in [0.25, 0.3) is 22.4 Å². The molecule has 1 aromatic heterocycles. The molecular weight excluding hydrogens is 226 g/mol. The van der Waals surface area contributed by atoms with E-state index in [-0.39, 0.29) is 0 Å². The van der Waals surface area contributed by atoms with E-state index in [9.17, 15) is 0 Å². The maximum Gasteiger partial charge on any atom is 0.117 e. The molecule has 0 saturated carbocycles. The van der Waals surface area contributed by atoms with Gasteiger partial charge in [-0.15, -0.1) is 11.3 Å². The monoisotopic (exact) mass is 236 g/mol. The molecule has 1 nitrogen and oxygen atoms in total. The minimum Gasteiger partial charge on any atom is -0.237 e. The Kier molecular flexibility index (Phi) is 2.72. The zero-order valence-corrected chi connectivity index (χ0v) is 9.95. The molecule has 0 aliphatic carbocycles. The van der Waals surface area contributed by atoms with Gasteiger partial charge in [0.15, 0.2) is 0 Å². The fourth-order valence-corrected chi connectivity index (χ4v) is 2.49. The topological polar surface area (TPSA) is 12.9 Å². The number of hydrogen-bond acceptors (Lipinski definition) is 2. The van der Waals surface area contributed by atoms with Crippen molar-refractivity contribution in [3.8, 4) is 0 Å². The summed E-state index contributed by atoms with van der Waals surface area (Å²) in [6, 6.07) is 19.2. The van der Waals surface area contributed by atoms with E-state index >= 15 is 0 Å². The average molecular weight is 236 g/mol. The van der Waals surface area contributed by atoms with Crippen molar-refractivity contribution in [1.82, 2.24) is 4.98 Å². The van der Waals surface area contributed by atoms with Crippen LogP contribution in [-0.2, 0) is 0 Å². The predicted octanol–water partition coefficient (Wildman–Crippen LogP) is 4.27. The first kappa shape index (κ1) is 10.2. The summed E-state index contributed by atoms with van der Waals surface area (Å²) in [5.41, 5.74) is 2.21. The van der Waals surface area contributed by atoms with Crippen molar-refractivity contribution >= 4 is 33.7 Å². The van der Waals surface area contributed by atoms with Gasteiger partial charge in [-0.25, -0.2) is 4.98 Å². The molecule has 0 bridgehead atoms. The minimum atomic E-state index is 1.02. The smallest absolute Gasteiger partial charge is 0.117 e. The van der Waals surface area contributed by atoms with Crippen molar-refractivity contribution in [2.45, 2.75) is 0 Å². The van der Waals surface area contributed by atoms with E-state index in [1.54, 1.807) is 11.3 Å². The standard InChI is InChI=1S/C15H10NS/c1-2-6-12(7-3-1)10-11-15-16-13-8-4-5-9-14(13)17-15/h1-3,5-11H/b11-10+. The molecule has 0 atom stereocenters. The number of benzene rings is 2. The zero-order chi connectivity index (χ0) is 11.5. The van der Waals surface area contributed by atoms with Crippen LogP contribution in [0.1, 0.15) is 10.6 Å². The average Bonchev–Trinajstić information content (AvgIpc) is 2.80. The van der Waals surface area contributed by atoms with Gasteiger partial charge in [0.1, 0.15) is 5.01 Å². The largest absolute Gasteiger partial charge is 0.237 e. The fraction of sp³-hybridized carbons (Fsp3) is 0. The molecule has 0 unspecified atom stereocenters. The van der Waals surface area contributed by atoms with Gasteiger partial charge in [-0.3, -0.25) is 0 Å². The van der Waals surface area contributed by atoms with Crippen LogP contribution in [0.5, 0.6) is 0 Å². The van der Waals surface area contributed by atoms with Crippen molar-refractivity contribution in [3.63, 3.8) is 0 Å². The van der Waals surface area contributed by atoms with Crippen LogP contribution in [0.3, 0.4) is 0 Å². The van der Waals surface area contributed by atoms with Gasteiger partial charge in [0, 0.05) is 0 Å². The lowest BCUT2D eigenvalue weighted by molar-refractivity contribution is 1.46. The van der Waals surface area contributed by atoms with Crippen molar-refractivity contribution < 1.29 is 0 Å². The summed E-state index contributed by atoms with van der Waals surface area (Å²) < 4.78 is 1.21. The Balaban J connectivity index is 1.92. The molecule has 0 aliphatic rings. The molecule has 0 amide bonds. The van der Waals surface area contributed by atoms with Gasteiger partial charge < -0.3 is 0 Å². The van der Waals surface area contributed by atoms with Gasteiger partial charge >= 0.3 is 0 Å². The number of fused-ring (bicyclic) bond motifs is 1. The third-order valence-electron chi connectivity index (χ3n) is 2.47. The SMILES string of the molecule is [c]1ccc2sc(/C=C/c3ccccc3)nc2c1. The summed E-state index contributed by atoms with van der Waals surface area (Å²) in [6.45, 7) is 0. The van der Waals surface area contributed by atoms with Crippen LogP contribution >= 0.6 is 11.3 Å². The maximum absolute atomic E-state index is 4.53. The second-order valence-electron chi connectivity index (χ2n) is 3.69. The van der Waals surface area contributed by atoms with Crippen LogP contribution in [0.4, 0.5) is 0 Å².